The van der Waals surface area contributed by atoms with Gasteiger partial charge in [-0.1, -0.05) is 26.3 Å². The fourth-order valence-electron chi connectivity index (χ4n) is 3.11. The van der Waals surface area contributed by atoms with Gasteiger partial charge in [-0.2, -0.15) is 0 Å². The van der Waals surface area contributed by atoms with Gasteiger partial charge in [0.25, 0.3) is 0 Å². The third-order valence-corrected chi connectivity index (χ3v) is 5.22. The molecular weight excluding hydrogens is 266 g/mol. The van der Waals surface area contributed by atoms with Crippen LogP contribution in [0.25, 0.3) is 0 Å². The Morgan fingerprint density at radius 3 is 2.75 bits per heavy atom. The second-order valence-electron chi connectivity index (χ2n) is 5.48. The Hall–Kier alpha value is -0.670. The molecule has 2 atom stereocenters. The summed E-state index contributed by atoms with van der Waals surface area (Å²) >= 11 is 1.85. The van der Waals surface area contributed by atoms with Crippen LogP contribution in [-0.4, -0.2) is 11.9 Å². The maximum Gasteiger partial charge on any atom is 0.125 e. The lowest BCUT2D eigenvalue weighted by Crippen LogP contribution is -2.30. The van der Waals surface area contributed by atoms with Crippen LogP contribution >= 0.6 is 11.8 Å². The average molecular weight is 293 g/mol. The summed E-state index contributed by atoms with van der Waals surface area (Å²) in [5.74, 6) is 2.78. The molecule has 112 valence electrons. The minimum absolute atomic E-state index is 0.376. The van der Waals surface area contributed by atoms with Gasteiger partial charge in [-0.25, -0.2) is 0 Å². The van der Waals surface area contributed by atoms with Crippen LogP contribution in [0.5, 0.6) is 5.75 Å². The van der Waals surface area contributed by atoms with E-state index in [0.29, 0.717) is 18.6 Å². The van der Waals surface area contributed by atoms with E-state index in [-0.39, 0.29) is 0 Å². The largest absolute Gasteiger partial charge is 0.490 e. The number of nitrogens with two attached hydrogens (primary N) is 1. The van der Waals surface area contributed by atoms with Gasteiger partial charge in [0.2, 0.25) is 0 Å². The molecule has 0 bridgehead atoms. The number of ether oxygens (including phenoxy) is 1. The maximum absolute atomic E-state index is 6.37. The highest BCUT2D eigenvalue weighted by molar-refractivity contribution is 7.99. The molecule has 1 saturated carbocycles. The Labute approximate surface area is 127 Å². The molecule has 2 nitrogen and oxygen atoms in total. The summed E-state index contributed by atoms with van der Waals surface area (Å²) < 4.78 is 6.37. The molecule has 0 aliphatic heterocycles. The van der Waals surface area contributed by atoms with Crippen molar-refractivity contribution in [2.45, 2.75) is 63.5 Å². The summed E-state index contributed by atoms with van der Waals surface area (Å²) in [7, 11) is 0. The molecule has 2 N–H and O–H groups in total. The van der Waals surface area contributed by atoms with Crippen LogP contribution in [0, 0.1) is 5.92 Å². The molecule has 1 fully saturated rings. The Morgan fingerprint density at radius 1 is 1.25 bits per heavy atom. The fraction of sp³-hybridized carbons (Fsp3) is 0.647. The smallest absolute Gasteiger partial charge is 0.125 e. The summed E-state index contributed by atoms with van der Waals surface area (Å²) in [4.78, 5) is 1.27. The molecule has 0 radical (unpaired) electrons. The zero-order chi connectivity index (χ0) is 14.4. The molecule has 1 aromatic rings. The third kappa shape index (κ3) is 3.70. The van der Waals surface area contributed by atoms with E-state index in [4.69, 9.17) is 10.5 Å². The molecule has 2 rings (SSSR count). The van der Waals surface area contributed by atoms with Crippen molar-refractivity contribution >= 4 is 11.8 Å². The van der Waals surface area contributed by atoms with E-state index in [0.717, 1.165) is 11.5 Å². The molecule has 0 aromatic heterocycles. The first-order valence-electron chi connectivity index (χ1n) is 7.91. The van der Waals surface area contributed by atoms with Gasteiger partial charge in [-0.3, -0.25) is 0 Å². The highest BCUT2D eigenvalue weighted by Crippen LogP contribution is 2.34. The van der Waals surface area contributed by atoms with Crippen LogP contribution in [0.4, 0.5) is 0 Å². The first kappa shape index (κ1) is 15.7. The lowest BCUT2D eigenvalue weighted by Gasteiger charge is -2.32. The van der Waals surface area contributed by atoms with Crippen molar-refractivity contribution in [2.24, 2.45) is 11.7 Å². The van der Waals surface area contributed by atoms with Gasteiger partial charge >= 0.3 is 0 Å². The number of thioether (sulfide) groups is 1. The van der Waals surface area contributed by atoms with Crippen molar-refractivity contribution in [1.82, 2.24) is 0 Å². The third-order valence-electron chi connectivity index (χ3n) is 4.24. The predicted molar refractivity (Wildman–Crippen MR) is 87.4 cm³/mol. The summed E-state index contributed by atoms with van der Waals surface area (Å²) in [6.45, 7) is 5.01. The van der Waals surface area contributed by atoms with Gasteiger partial charge < -0.3 is 10.5 Å². The topological polar surface area (TPSA) is 35.2 Å². The summed E-state index contributed by atoms with van der Waals surface area (Å²) in [5, 5.41) is 0. The van der Waals surface area contributed by atoms with Gasteiger partial charge in [0.05, 0.1) is 0 Å². The number of hydrogen-bond acceptors (Lipinski definition) is 3. The van der Waals surface area contributed by atoms with Crippen molar-refractivity contribution in [3.63, 3.8) is 0 Å². The first-order valence-corrected chi connectivity index (χ1v) is 8.90. The van der Waals surface area contributed by atoms with E-state index in [9.17, 15) is 0 Å². The molecule has 0 amide bonds. The van der Waals surface area contributed by atoms with E-state index in [1.807, 2.05) is 11.8 Å². The summed E-state index contributed by atoms with van der Waals surface area (Å²) in [5.41, 5.74) is 7.14. The quantitative estimate of drug-likeness (QED) is 0.778. The van der Waals surface area contributed by atoms with Crippen molar-refractivity contribution in [1.29, 1.82) is 0 Å². The molecule has 20 heavy (non-hydrogen) atoms. The van der Waals surface area contributed by atoms with E-state index < -0.39 is 0 Å². The van der Waals surface area contributed by atoms with E-state index in [2.05, 4.69) is 32.0 Å². The second-order valence-corrected chi connectivity index (χ2v) is 6.78. The van der Waals surface area contributed by atoms with Gasteiger partial charge in [0.15, 0.2) is 0 Å². The summed E-state index contributed by atoms with van der Waals surface area (Å²) in [6.07, 6.45) is 6.74. The first-order chi connectivity index (χ1) is 9.80. The number of hydrogen-bond donors (Lipinski definition) is 1. The highest BCUT2D eigenvalue weighted by Gasteiger charge is 2.26. The zero-order valence-corrected chi connectivity index (χ0v) is 13.5. The monoisotopic (exact) mass is 293 g/mol. The molecule has 0 spiro atoms. The second kappa shape index (κ2) is 7.94. The standard InChI is InChI=1S/C17H27NOS/c1-3-13-8-5-6-9-15(13)19-16-10-7-11-17(20-4-2)14(16)12-18/h7,10-11,13,15H,3-6,8-9,12,18H2,1-2H3. The van der Waals surface area contributed by atoms with Gasteiger partial charge in [-0.15, -0.1) is 11.8 Å². The van der Waals surface area contributed by atoms with Crippen LogP contribution in [-0.2, 0) is 6.54 Å². The van der Waals surface area contributed by atoms with Gasteiger partial charge in [-0.05, 0) is 49.5 Å². The van der Waals surface area contributed by atoms with Gasteiger partial charge in [0, 0.05) is 17.0 Å². The van der Waals surface area contributed by atoms with Crippen LogP contribution in [0.3, 0.4) is 0 Å². The molecule has 2 unspecified atom stereocenters. The molecular formula is C17H27NOS. The molecule has 0 saturated heterocycles. The minimum atomic E-state index is 0.376. The van der Waals surface area contributed by atoms with Crippen molar-refractivity contribution in [2.75, 3.05) is 5.75 Å². The Bertz CT molecular complexity index is 421. The van der Waals surface area contributed by atoms with E-state index in [1.54, 1.807) is 0 Å². The Morgan fingerprint density at radius 2 is 2.05 bits per heavy atom. The molecule has 1 aromatic carbocycles. The zero-order valence-electron chi connectivity index (χ0n) is 12.7. The van der Waals surface area contributed by atoms with Crippen LogP contribution in [0.15, 0.2) is 23.1 Å². The molecule has 1 aliphatic rings. The van der Waals surface area contributed by atoms with Crippen molar-refractivity contribution < 1.29 is 4.74 Å². The van der Waals surface area contributed by atoms with E-state index in [1.165, 1.54) is 42.6 Å². The van der Waals surface area contributed by atoms with Crippen molar-refractivity contribution in [3.05, 3.63) is 23.8 Å². The molecule has 0 heterocycles. The molecule has 1 aliphatic carbocycles. The minimum Gasteiger partial charge on any atom is -0.490 e. The predicted octanol–water partition coefficient (Wildman–Crippen LogP) is 4.60. The SMILES string of the molecule is CCSc1cccc(OC2CCCCC2CC)c1CN. The number of rotatable bonds is 6. The van der Waals surface area contributed by atoms with Crippen molar-refractivity contribution in [3.8, 4) is 5.75 Å². The lowest BCUT2D eigenvalue weighted by molar-refractivity contribution is 0.0891. The maximum atomic E-state index is 6.37. The fourth-order valence-corrected chi connectivity index (χ4v) is 3.95. The lowest BCUT2D eigenvalue weighted by atomic mass is 9.84. The van der Waals surface area contributed by atoms with E-state index >= 15 is 0 Å². The average Bonchev–Trinajstić information content (AvgIpc) is 2.48. The van der Waals surface area contributed by atoms with Crippen LogP contribution in [0.1, 0.15) is 51.5 Å². The van der Waals surface area contributed by atoms with Crippen LogP contribution < -0.4 is 10.5 Å². The molecule has 3 heteroatoms. The number of benzene rings is 1. The Kier molecular flexibility index (Phi) is 6.24. The Balaban J connectivity index is 2.17. The summed E-state index contributed by atoms with van der Waals surface area (Å²) in [6, 6.07) is 6.33. The van der Waals surface area contributed by atoms with Crippen LogP contribution in [0.2, 0.25) is 0 Å². The highest BCUT2D eigenvalue weighted by atomic mass is 32.2. The van der Waals surface area contributed by atoms with Gasteiger partial charge in [0.1, 0.15) is 11.9 Å². The normalized spacial score (nSPS) is 22.8.